The Bertz CT molecular complexity index is 593. The number of nitro groups is 1. The second-order valence-electron chi connectivity index (χ2n) is 3.95. The summed E-state index contributed by atoms with van der Waals surface area (Å²) in [5, 5.41) is 19.1. The van der Waals surface area contributed by atoms with Gasteiger partial charge in [-0.15, -0.1) is 0 Å². The number of methoxy groups -OCH3 is 1. The predicted molar refractivity (Wildman–Crippen MR) is 67.2 cm³/mol. The summed E-state index contributed by atoms with van der Waals surface area (Å²) in [7, 11) is 1.07. The molecule has 1 rings (SSSR count). The minimum atomic E-state index is -1.27. The lowest BCUT2D eigenvalue weighted by molar-refractivity contribution is -0.385. The van der Waals surface area contributed by atoms with Crippen molar-refractivity contribution in [3.05, 3.63) is 26.7 Å². The summed E-state index contributed by atoms with van der Waals surface area (Å²) >= 11 is 5.74. The lowest BCUT2D eigenvalue weighted by atomic mass is 10.00. The van der Waals surface area contributed by atoms with Crippen LogP contribution in [0.3, 0.4) is 0 Å². The number of furan rings is 1. The van der Waals surface area contributed by atoms with E-state index in [0.29, 0.717) is 0 Å². The highest BCUT2D eigenvalue weighted by Gasteiger charge is 2.32. The number of rotatable bonds is 7. The van der Waals surface area contributed by atoms with Gasteiger partial charge in [-0.05, 0) is 0 Å². The van der Waals surface area contributed by atoms with Crippen LogP contribution in [0.15, 0.2) is 4.42 Å². The van der Waals surface area contributed by atoms with Gasteiger partial charge in [0.15, 0.2) is 11.3 Å². The molecule has 0 aliphatic rings. The molecule has 10 heteroatoms. The van der Waals surface area contributed by atoms with Gasteiger partial charge in [0.25, 0.3) is 0 Å². The predicted octanol–water partition coefficient (Wildman–Crippen LogP) is 1.46. The lowest BCUT2D eigenvalue weighted by Crippen LogP contribution is -2.22. The normalized spacial score (nSPS) is 11.7. The van der Waals surface area contributed by atoms with Crippen LogP contribution in [0.1, 0.15) is 22.7 Å². The van der Waals surface area contributed by atoms with Gasteiger partial charge in [0, 0.05) is 6.42 Å². The van der Waals surface area contributed by atoms with E-state index in [-0.39, 0.29) is 18.5 Å². The molecule has 1 N–H and O–H groups in total. The van der Waals surface area contributed by atoms with Gasteiger partial charge in [-0.25, -0.2) is 0 Å². The van der Waals surface area contributed by atoms with E-state index in [9.17, 15) is 24.5 Å². The second-order valence-corrected chi connectivity index (χ2v) is 4.33. The smallest absolute Gasteiger partial charge is 0.336 e. The van der Waals surface area contributed by atoms with Crippen molar-refractivity contribution in [1.29, 1.82) is 0 Å². The summed E-state index contributed by atoms with van der Waals surface area (Å²) in [5.74, 6) is -4.06. The van der Waals surface area contributed by atoms with Crippen LogP contribution in [0.25, 0.3) is 0 Å². The Morgan fingerprint density at radius 1 is 1.57 bits per heavy atom. The molecule has 1 unspecified atom stereocenters. The van der Waals surface area contributed by atoms with E-state index in [1.807, 2.05) is 0 Å². The number of halogens is 1. The molecule has 9 nitrogen and oxygen atoms in total. The highest BCUT2D eigenvalue weighted by atomic mass is 35.5. The van der Waals surface area contributed by atoms with E-state index in [4.69, 9.17) is 21.1 Å². The molecule has 0 spiro atoms. The highest BCUT2D eigenvalue weighted by molar-refractivity contribution is 6.33. The van der Waals surface area contributed by atoms with Crippen molar-refractivity contribution < 1.29 is 33.6 Å². The van der Waals surface area contributed by atoms with E-state index in [1.165, 1.54) is 0 Å². The molecule has 0 radical (unpaired) electrons. The van der Waals surface area contributed by atoms with Crippen molar-refractivity contribution in [2.45, 2.75) is 12.8 Å². The van der Waals surface area contributed by atoms with E-state index < -0.39 is 45.7 Å². The average Bonchev–Trinajstić information content (AvgIpc) is 2.73. The number of carboxylic acids is 1. The number of nitrogens with zero attached hydrogens (tertiary/aromatic N) is 1. The molecule has 114 valence electrons. The molecular formula is C11H10ClNO8. The maximum atomic E-state index is 11.5. The van der Waals surface area contributed by atoms with Crippen LogP contribution in [0.5, 0.6) is 0 Å². The third-order valence-electron chi connectivity index (χ3n) is 2.60. The zero-order valence-corrected chi connectivity index (χ0v) is 11.5. The van der Waals surface area contributed by atoms with Gasteiger partial charge in [-0.1, -0.05) is 11.6 Å². The minimum absolute atomic E-state index is 0.109. The van der Waals surface area contributed by atoms with Crippen LogP contribution >= 0.6 is 11.6 Å². The summed E-state index contributed by atoms with van der Waals surface area (Å²) in [6.45, 7) is 0. The largest absolute Gasteiger partial charge is 0.481 e. The van der Waals surface area contributed by atoms with Crippen LogP contribution in [0.2, 0.25) is 5.02 Å². The molecule has 0 aliphatic carbocycles. The van der Waals surface area contributed by atoms with E-state index in [1.54, 1.807) is 0 Å². The third-order valence-corrected chi connectivity index (χ3v) is 2.99. The lowest BCUT2D eigenvalue weighted by Gasteiger charge is -2.10. The van der Waals surface area contributed by atoms with Crippen molar-refractivity contribution in [3.8, 4) is 0 Å². The first kappa shape index (κ1) is 16.6. The molecule has 0 fully saturated rings. The van der Waals surface area contributed by atoms with E-state index in [0.717, 1.165) is 7.11 Å². The summed E-state index contributed by atoms with van der Waals surface area (Å²) in [6.07, 6.45) is -0.807. The fourth-order valence-electron chi connectivity index (χ4n) is 1.69. The first-order chi connectivity index (χ1) is 9.81. The molecule has 1 atom stereocenters. The van der Waals surface area contributed by atoms with Gasteiger partial charge in [0.2, 0.25) is 5.76 Å². The molecule has 0 saturated heterocycles. The zero-order valence-electron chi connectivity index (χ0n) is 10.7. The fourth-order valence-corrected chi connectivity index (χ4v) is 1.97. The van der Waals surface area contributed by atoms with Crippen molar-refractivity contribution >= 4 is 35.5 Å². The van der Waals surface area contributed by atoms with Gasteiger partial charge < -0.3 is 14.3 Å². The molecule has 0 aromatic carbocycles. The van der Waals surface area contributed by atoms with Crippen LogP contribution in [-0.4, -0.2) is 35.4 Å². The van der Waals surface area contributed by atoms with Gasteiger partial charge in [-0.2, -0.15) is 0 Å². The summed E-state index contributed by atoms with van der Waals surface area (Å²) in [5.41, 5.74) is -0.722. The maximum Gasteiger partial charge on any atom is 0.336 e. The Labute approximate surface area is 122 Å². The standard InChI is InChI=1S/C11H10ClNO8/c1-20-11(17)5(3-8(15)16)2-6-9(12)10(13(18)19)7(4-14)21-6/h4-5H,2-3H2,1H3,(H,15,16). The average molecular weight is 320 g/mol. The van der Waals surface area contributed by atoms with E-state index in [2.05, 4.69) is 4.74 Å². The van der Waals surface area contributed by atoms with Gasteiger partial charge in [-0.3, -0.25) is 24.5 Å². The first-order valence-corrected chi connectivity index (χ1v) is 5.89. The van der Waals surface area contributed by atoms with Crippen molar-refractivity contribution in [2.75, 3.05) is 7.11 Å². The van der Waals surface area contributed by atoms with Crippen LogP contribution < -0.4 is 0 Å². The Morgan fingerprint density at radius 2 is 2.19 bits per heavy atom. The maximum absolute atomic E-state index is 11.5. The number of carbonyl (C=O) groups is 3. The summed E-state index contributed by atoms with van der Waals surface area (Å²) in [6, 6.07) is 0. The Morgan fingerprint density at radius 3 is 2.57 bits per heavy atom. The second kappa shape index (κ2) is 6.84. The van der Waals surface area contributed by atoms with Crippen LogP contribution in [-0.2, 0) is 20.7 Å². The molecule has 1 aromatic rings. The van der Waals surface area contributed by atoms with Crippen LogP contribution in [0, 0.1) is 16.0 Å². The number of aldehydes is 1. The zero-order chi connectivity index (χ0) is 16.2. The molecule has 21 heavy (non-hydrogen) atoms. The SMILES string of the molecule is COC(=O)C(CC(=O)O)Cc1oc(C=O)c([N+](=O)[O-])c1Cl. The molecule has 0 aliphatic heterocycles. The molecule has 0 saturated carbocycles. The Hall–Kier alpha value is -2.42. The highest BCUT2D eigenvalue weighted by Crippen LogP contribution is 2.35. The Balaban J connectivity index is 3.15. The van der Waals surface area contributed by atoms with Gasteiger partial charge in [0.05, 0.1) is 24.4 Å². The summed E-state index contributed by atoms with van der Waals surface area (Å²) in [4.78, 5) is 42.8. The first-order valence-electron chi connectivity index (χ1n) is 5.52. The minimum Gasteiger partial charge on any atom is -0.481 e. The van der Waals surface area contributed by atoms with E-state index >= 15 is 0 Å². The van der Waals surface area contributed by atoms with Crippen molar-refractivity contribution in [1.82, 2.24) is 0 Å². The van der Waals surface area contributed by atoms with Gasteiger partial charge in [0.1, 0.15) is 5.76 Å². The third kappa shape index (κ3) is 3.78. The number of hydrogen-bond acceptors (Lipinski definition) is 7. The number of carbonyl (C=O) groups excluding carboxylic acids is 2. The number of hydrogen-bond donors (Lipinski definition) is 1. The number of esters is 1. The molecule has 0 bridgehead atoms. The molecule has 1 aromatic heterocycles. The van der Waals surface area contributed by atoms with Crippen LogP contribution in [0.4, 0.5) is 5.69 Å². The fraction of sp³-hybridized carbons (Fsp3) is 0.364. The monoisotopic (exact) mass is 319 g/mol. The topological polar surface area (TPSA) is 137 Å². The quantitative estimate of drug-likeness (QED) is 0.345. The molecule has 1 heterocycles. The number of carboxylic acid groups (broad SMARTS) is 1. The summed E-state index contributed by atoms with van der Waals surface area (Å²) < 4.78 is 9.37. The van der Waals surface area contributed by atoms with Gasteiger partial charge >= 0.3 is 17.6 Å². The van der Waals surface area contributed by atoms with Crippen molar-refractivity contribution in [3.63, 3.8) is 0 Å². The number of ether oxygens (including phenoxy) is 1. The van der Waals surface area contributed by atoms with Crippen molar-refractivity contribution in [2.24, 2.45) is 5.92 Å². The Kier molecular flexibility index (Phi) is 5.42. The molecular weight excluding hydrogens is 310 g/mol. The molecule has 0 amide bonds. The number of aliphatic carboxylic acids is 1.